The summed E-state index contributed by atoms with van der Waals surface area (Å²) in [5.41, 5.74) is 0. The van der Waals surface area contributed by atoms with Crippen molar-refractivity contribution in [1.29, 1.82) is 0 Å². The largest absolute Gasteiger partial charge is 0.382 e. The molecule has 1 fully saturated rings. The molecule has 0 aliphatic carbocycles. The quantitative estimate of drug-likeness (QED) is 0.458. The van der Waals surface area contributed by atoms with E-state index in [0.29, 0.717) is 19.8 Å². The molecular weight excluding hydrogens is 391 g/mol. The Labute approximate surface area is 140 Å². The number of methoxy groups -OCH3 is 1. The van der Waals surface area contributed by atoms with Crippen LogP contribution in [0.2, 0.25) is 0 Å². The summed E-state index contributed by atoms with van der Waals surface area (Å²) in [6, 6.07) is 0. The molecule has 114 valence electrons. The number of halogens is 1. The van der Waals surface area contributed by atoms with E-state index in [1.54, 1.807) is 25.5 Å². The average molecular weight is 412 g/mol. The van der Waals surface area contributed by atoms with E-state index >= 15 is 0 Å². The minimum absolute atomic E-state index is 0. The Morgan fingerprint density at radius 2 is 2.55 bits per heavy atom. The fourth-order valence-corrected chi connectivity index (χ4v) is 2.58. The van der Waals surface area contributed by atoms with Crippen LogP contribution in [-0.2, 0) is 16.0 Å². The van der Waals surface area contributed by atoms with Crippen LogP contribution in [0.15, 0.2) is 16.6 Å². The molecule has 1 saturated heterocycles. The first-order valence-corrected chi connectivity index (χ1v) is 7.16. The third kappa shape index (κ3) is 5.15. The highest BCUT2D eigenvalue weighted by atomic mass is 127. The summed E-state index contributed by atoms with van der Waals surface area (Å²) in [5, 5.41) is 6.37. The predicted molar refractivity (Wildman–Crippen MR) is 90.9 cm³/mol. The van der Waals surface area contributed by atoms with Crippen molar-refractivity contribution in [3.63, 3.8) is 0 Å². The lowest BCUT2D eigenvalue weighted by molar-refractivity contribution is -0.0447. The van der Waals surface area contributed by atoms with Gasteiger partial charge >= 0.3 is 0 Å². The van der Waals surface area contributed by atoms with Crippen LogP contribution in [0.1, 0.15) is 5.01 Å². The molecule has 0 aromatic carbocycles. The first-order valence-electron chi connectivity index (χ1n) is 6.28. The normalized spacial score (nSPS) is 19.6. The molecule has 1 aromatic rings. The number of hydrogen-bond acceptors (Lipinski definition) is 5. The summed E-state index contributed by atoms with van der Waals surface area (Å²) >= 11 is 1.64. The van der Waals surface area contributed by atoms with Gasteiger partial charge in [-0.1, -0.05) is 0 Å². The number of thiazole rings is 1. The summed E-state index contributed by atoms with van der Waals surface area (Å²) in [5.74, 6) is 0.889. The highest BCUT2D eigenvalue weighted by Crippen LogP contribution is 2.07. The molecule has 1 aliphatic heterocycles. The second-order valence-corrected chi connectivity index (χ2v) is 5.20. The van der Waals surface area contributed by atoms with Gasteiger partial charge in [0.25, 0.3) is 0 Å². The van der Waals surface area contributed by atoms with E-state index in [4.69, 9.17) is 9.47 Å². The number of ether oxygens (including phenoxy) is 2. The molecule has 0 saturated carbocycles. The molecule has 1 aliphatic rings. The topological polar surface area (TPSA) is 59.0 Å². The molecular formula is C12H21IN4O2S. The number of nitrogens with zero attached hydrogens (tertiary/aromatic N) is 3. The monoisotopic (exact) mass is 412 g/mol. The Hall–Kier alpha value is -0.450. The number of aromatic nitrogens is 1. The lowest BCUT2D eigenvalue weighted by atomic mass is 10.3. The maximum atomic E-state index is 5.63. The van der Waals surface area contributed by atoms with Crippen LogP contribution in [-0.4, -0.2) is 62.4 Å². The number of rotatable bonds is 4. The van der Waals surface area contributed by atoms with Crippen molar-refractivity contribution in [2.45, 2.75) is 12.6 Å². The molecule has 0 radical (unpaired) electrons. The van der Waals surface area contributed by atoms with Crippen LogP contribution >= 0.6 is 35.3 Å². The zero-order chi connectivity index (χ0) is 13.5. The molecule has 1 unspecified atom stereocenters. The molecule has 1 atom stereocenters. The van der Waals surface area contributed by atoms with E-state index < -0.39 is 0 Å². The van der Waals surface area contributed by atoms with E-state index in [1.807, 2.05) is 11.6 Å². The summed E-state index contributed by atoms with van der Waals surface area (Å²) in [6.45, 7) is 3.66. The lowest BCUT2D eigenvalue weighted by Gasteiger charge is -2.34. The minimum Gasteiger partial charge on any atom is -0.382 e. The van der Waals surface area contributed by atoms with Crippen LogP contribution in [0.3, 0.4) is 0 Å². The Bertz CT molecular complexity index is 400. The molecule has 1 N–H and O–H groups in total. The number of guanidine groups is 1. The van der Waals surface area contributed by atoms with Crippen molar-refractivity contribution in [1.82, 2.24) is 15.2 Å². The molecule has 6 nitrogen and oxygen atoms in total. The van der Waals surface area contributed by atoms with Crippen LogP contribution in [0.4, 0.5) is 0 Å². The standard InChI is InChI=1S/C12H20N4O2S.HI/c1-13-12(15-7-11-14-3-6-19-11)16-4-5-18-10(8-16)9-17-2;/h3,6,10H,4-5,7-9H2,1-2H3,(H,13,15);1H. The molecule has 2 rings (SSSR count). The second kappa shape index (κ2) is 9.48. The Balaban J connectivity index is 0.00000200. The van der Waals surface area contributed by atoms with E-state index in [1.165, 1.54) is 0 Å². The lowest BCUT2D eigenvalue weighted by Crippen LogP contribution is -2.51. The zero-order valence-electron chi connectivity index (χ0n) is 11.7. The minimum atomic E-state index is 0. The zero-order valence-corrected chi connectivity index (χ0v) is 14.9. The molecule has 2 heterocycles. The van der Waals surface area contributed by atoms with Crippen molar-refractivity contribution in [3.8, 4) is 0 Å². The molecule has 0 amide bonds. The Morgan fingerprint density at radius 1 is 1.70 bits per heavy atom. The van der Waals surface area contributed by atoms with Gasteiger partial charge in [0, 0.05) is 38.8 Å². The van der Waals surface area contributed by atoms with Gasteiger partial charge in [0.2, 0.25) is 0 Å². The maximum Gasteiger partial charge on any atom is 0.194 e. The molecule has 0 bridgehead atoms. The fraction of sp³-hybridized carbons (Fsp3) is 0.667. The number of hydrogen-bond donors (Lipinski definition) is 1. The third-order valence-corrected chi connectivity index (χ3v) is 3.66. The average Bonchev–Trinajstić information content (AvgIpc) is 2.94. The highest BCUT2D eigenvalue weighted by Gasteiger charge is 2.22. The number of morpholine rings is 1. The number of nitrogens with one attached hydrogen (secondary N) is 1. The van der Waals surface area contributed by atoms with Crippen molar-refractivity contribution in [2.75, 3.05) is 40.5 Å². The first-order chi connectivity index (χ1) is 9.33. The van der Waals surface area contributed by atoms with Crippen molar-refractivity contribution in [2.24, 2.45) is 4.99 Å². The van der Waals surface area contributed by atoms with Gasteiger partial charge in [-0.3, -0.25) is 4.99 Å². The van der Waals surface area contributed by atoms with Crippen molar-refractivity contribution >= 4 is 41.3 Å². The van der Waals surface area contributed by atoms with Crippen LogP contribution < -0.4 is 5.32 Å². The van der Waals surface area contributed by atoms with Gasteiger partial charge in [0.15, 0.2) is 5.96 Å². The van der Waals surface area contributed by atoms with E-state index in [9.17, 15) is 0 Å². The van der Waals surface area contributed by atoms with E-state index in [2.05, 4.69) is 20.2 Å². The summed E-state index contributed by atoms with van der Waals surface area (Å²) < 4.78 is 10.8. The van der Waals surface area contributed by atoms with Crippen LogP contribution in [0.5, 0.6) is 0 Å². The highest BCUT2D eigenvalue weighted by molar-refractivity contribution is 14.0. The fourth-order valence-electron chi connectivity index (χ4n) is 2.03. The Kier molecular flexibility index (Phi) is 8.34. The first kappa shape index (κ1) is 17.6. The molecule has 8 heteroatoms. The van der Waals surface area contributed by atoms with Gasteiger partial charge < -0.3 is 19.7 Å². The van der Waals surface area contributed by atoms with Crippen LogP contribution in [0, 0.1) is 0 Å². The van der Waals surface area contributed by atoms with Gasteiger partial charge in [0.05, 0.1) is 25.9 Å². The summed E-state index contributed by atoms with van der Waals surface area (Å²) in [7, 11) is 3.49. The smallest absolute Gasteiger partial charge is 0.194 e. The second-order valence-electron chi connectivity index (χ2n) is 4.22. The SMILES string of the molecule is CN=C(NCc1nccs1)N1CCOC(COC)C1.I. The molecule has 0 spiro atoms. The van der Waals surface area contributed by atoms with Gasteiger partial charge in [-0.15, -0.1) is 35.3 Å². The van der Waals surface area contributed by atoms with Gasteiger partial charge in [-0.05, 0) is 0 Å². The maximum absolute atomic E-state index is 5.63. The Morgan fingerprint density at radius 3 is 3.20 bits per heavy atom. The van der Waals surface area contributed by atoms with E-state index in [0.717, 1.165) is 24.1 Å². The van der Waals surface area contributed by atoms with Gasteiger partial charge in [0.1, 0.15) is 5.01 Å². The molecule has 1 aromatic heterocycles. The summed E-state index contributed by atoms with van der Waals surface area (Å²) in [6.07, 6.45) is 1.92. The van der Waals surface area contributed by atoms with E-state index in [-0.39, 0.29) is 30.1 Å². The van der Waals surface area contributed by atoms with Gasteiger partial charge in [-0.2, -0.15) is 0 Å². The third-order valence-electron chi connectivity index (χ3n) is 2.88. The summed E-state index contributed by atoms with van der Waals surface area (Å²) in [4.78, 5) is 10.8. The van der Waals surface area contributed by atoms with Crippen molar-refractivity contribution < 1.29 is 9.47 Å². The van der Waals surface area contributed by atoms with Crippen molar-refractivity contribution in [3.05, 3.63) is 16.6 Å². The van der Waals surface area contributed by atoms with Gasteiger partial charge in [-0.25, -0.2) is 4.98 Å². The molecule has 20 heavy (non-hydrogen) atoms. The predicted octanol–water partition coefficient (Wildman–Crippen LogP) is 1.18. The number of aliphatic imine (C=N–C) groups is 1. The van der Waals surface area contributed by atoms with Crippen LogP contribution in [0.25, 0.3) is 0 Å².